The number of hydrogen-bond donors (Lipinski definition) is 3. The Bertz CT molecular complexity index is 576. The molecule has 0 bridgehead atoms. The molecule has 146 valence electrons. The van der Waals surface area contributed by atoms with Gasteiger partial charge in [-0.15, -0.1) is 24.0 Å². The zero-order valence-electron chi connectivity index (χ0n) is 15.7. The number of aliphatic imine (C=N–C) groups is 1. The first kappa shape index (κ1) is 22.7. The summed E-state index contributed by atoms with van der Waals surface area (Å²) in [6.07, 6.45) is 3.18. The van der Waals surface area contributed by atoms with Gasteiger partial charge in [0, 0.05) is 31.3 Å². The molecule has 0 heterocycles. The number of benzene rings is 1. The monoisotopic (exact) mass is 474 g/mol. The number of guanidine groups is 1. The summed E-state index contributed by atoms with van der Waals surface area (Å²) in [5, 5.41) is 9.48. The molecule has 0 saturated heterocycles. The number of halogens is 1. The largest absolute Gasteiger partial charge is 0.380 e. The summed E-state index contributed by atoms with van der Waals surface area (Å²) in [6, 6.07) is 7.89. The molecule has 2 rings (SSSR count). The van der Waals surface area contributed by atoms with Crippen LogP contribution in [0.25, 0.3) is 0 Å². The number of carbonyl (C=O) groups is 1. The smallest absolute Gasteiger partial charge is 0.227 e. The molecule has 3 N–H and O–H groups in total. The van der Waals surface area contributed by atoms with Crippen LogP contribution in [0.2, 0.25) is 0 Å². The van der Waals surface area contributed by atoms with Gasteiger partial charge in [-0.05, 0) is 44.4 Å². The molecule has 0 aliphatic heterocycles. The maximum atomic E-state index is 12.1. The molecule has 0 spiro atoms. The summed E-state index contributed by atoms with van der Waals surface area (Å²) in [6.45, 7) is 7.47. The van der Waals surface area contributed by atoms with E-state index in [1.54, 1.807) is 0 Å². The Morgan fingerprint density at radius 1 is 1.27 bits per heavy atom. The highest BCUT2D eigenvalue weighted by Gasteiger charge is 2.25. The molecule has 1 aromatic rings. The summed E-state index contributed by atoms with van der Waals surface area (Å²) < 4.78 is 5.33. The molecular weight excluding hydrogens is 443 g/mol. The van der Waals surface area contributed by atoms with Crippen molar-refractivity contribution in [2.45, 2.75) is 39.7 Å². The summed E-state index contributed by atoms with van der Waals surface area (Å²) in [7, 11) is 0. The average molecular weight is 474 g/mol. The normalized spacial score (nSPS) is 14.2. The number of rotatable bonds is 9. The van der Waals surface area contributed by atoms with E-state index in [1.165, 1.54) is 0 Å². The van der Waals surface area contributed by atoms with Crippen LogP contribution in [-0.2, 0) is 16.1 Å². The van der Waals surface area contributed by atoms with Gasteiger partial charge in [0.15, 0.2) is 5.96 Å². The van der Waals surface area contributed by atoms with E-state index >= 15 is 0 Å². The van der Waals surface area contributed by atoms with E-state index in [9.17, 15) is 4.79 Å². The van der Waals surface area contributed by atoms with E-state index in [-0.39, 0.29) is 35.8 Å². The lowest BCUT2D eigenvalue weighted by Gasteiger charge is -2.24. The minimum absolute atomic E-state index is 0. The molecular formula is C19H31IN4O2. The second kappa shape index (κ2) is 12.9. The van der Waals surface area contributed by atoms with Gasteiger partial charge < -0.3 is 20.7 Å². The Kier molecular flexibility index (Phi) is 11.3. The van der Waals surface area contributed by atoms with Crippen LogP contribution < -0.4 is 16.0 Å². The highest BCUT2D eigenvalue weighted by molar-refractivity contribution is 14.0. The fourth-order valence-corrected chi connectivity index (χ4v) is 2.56. The lowest BCUT2D eigenvalue weighted by molar-refractivity contribution is -0.122. The van der Waals surface area contributed by atoms with Gasteiger partial charge in [0.05, 0.1) is 13.2 Å². The van der Waals surface area contributed by atoms with E-state index in [2.05, 4.69) is 20.9 Å². The third kappa shape index (κ3) is 7.90. The van der Waals surface area contributed by atoms with Gasteiger partial charge in [0.25, 0.3) is 0 Å². The molecule has 7 heteroatoms. The fourth-order valence-electron chi connectivity index (χ4n) is 2.56. The van der Waals surface area contributed by atoms with Crippen molar-refractivity contribution in [3.8, 4) is 0 Å². The number of nitrogens with one attached hydrogen (secondary N) is 3. The van der Waals surface area contributed by atoms with Crippen LogP contribution in [-0.4, -0.2) is 38.2 Å². The van der Waals surface area contributed by atoms with Crippen LogP contribution >= 0.6 is 24.0 Å². The van der Waals surface area contributed by atoms with Gasteiger partial charge >= 0.3 is 0 Å². The Hall–Kier alpha value is -1.35. The minimum Gasteiger partial charge on any atom is -0.380 e. The number of hydrogen-bond acceptors (Lipinski definition) is 3. The van der Waals surface area contributed by atoms with Crippen molar-refractivity contribution in [1.29, 1.82) is 0 Å². The maximum Gasteiger partial charge on any atom is 0.227 e. The standard InChI is InChI=1S/C19H30N4O2.HI/c1-3-20-19(21-11-12-25-4-2)22-14-15-7-5-10-17(13-15)23-18(24)16-8-6-9-16;/h5,7,10,13,16H,3-4,6,8-9,11-12,14H2,1-2H3,(H,23,24)(H2,20,21,22);1H. The first-order chi connectivity index (χ1) is 12.2. The molecule has 0 radical (unpaired) electrons. The molecule has 0 unspecified atom stereocenters. The summed E-state index contributed by atoms with van der Waals surface area (Å²) in [4.78, 5) is 16.6. The van der Waals surface area contributed by atoms with Gasteiger partial charge in [-0.25, -0.2) is 4.99 Å². The molecule has 1 amide bonds. The SMILES string of the molecule is CCNC(=NCc1cccc(NC(=O)C2CCC2)c1)NCCOCC.I. The average Bonchev–Trinajstić information content (AvgIpc) is 2.55. The van der Waals surface area contributed by atoms with Crippen molar-refractivity contribution in [2.24, 2.45) is 10.9 Å². The number of nitrogens with zero attached hydrogens (tertiary/aromatic N) is 1. The Morgan fingerprint density at radius 3 is 2.73 bits per heavy atom. The Balaban J connectivity index is 0.00000338. The first-order valence-corrected chi connectivity index (χ1v) is 9.22. The molecule has 1 aliphatic carbocycles. The van der Waals surface area contributed by atoms with Crippen molar-refractivity contribution >= 4 is 41.5 Å². The van der Waals surface area contributed by atoms with Gasteiger partial charge in [0.1, 0.15) is 0 Å². The number of anilines is 1. The van der Waals surface area contributed by atoms with Crippen LogP contribution in [0.3, 0.4) is 0 Å². The second-order valence-corrected chi connectivity index (χ2v) is 6.14. The molecule has 0 aromatic heterocycles. The van der Waals surface area contributed by atoms with E-state index < -0.39 is 0 Å². The zero-order chi connectivity index (χ0) is 17.9. The van der Waals surface area contributed by atoms with Gasteiger partial charge in [-0.3, -0.25) is 4.79 Å². The Labute approximate surface area is 173 Å². The van der Waals surface area contributed by atoms with Gasteiger partial charge in [0.2, 0.25) is 5.91 Å². The van der Waals surface area contributed by atoms with Crippen molar-refractivity contribution in [1.82, 2.24) is 10.6 Å². The number of ether oxygens (including phenoxy) is 1. The van der Waals surface area contributed by atoms with E-state index in [1.807, 2.05) is 38.1 Å². The van der Waals surface area contributed by atoms with E-state index in [4.69, 9.17) is 4.74 Å². The summed E-state index contributed by atoms with van der Waals surface area (Å²) in [5.74, 6) is 1.10. The molecule has 6 nitrogen and oxygen atoms in total. The molecule has 0 atom stereocenters. The van der Waals surface area contributed by atoms with Crippen molar-refractivity contribution in [3.05, 3.63) is 29.8 Å². The highest BCUT2D eigenvalue weighted by atomic mass is 127. The van der Waals surface area contributed by atoms with E-state index in [0.717, 1.165) is 49.6 Å². The lowest BCUT2D eigenvalue weighted by atomic mass is 9.85. The lowest BCUT2D eigenvalue weighted by Crippen LogP contribution is -2.39. The third-order valence-electron chi connectivity index (χ3n) is 4.18. The molecule has 1 fully saturated rings. The van der Waals surface area contributed by atoms with Crippen LogP contribution in [0, 0.1) is 5.92 Å². The summed E-state index contributed by atoms with van der Waals surface area (Å²) >= 11 is 0. The van der Waals surface area contributed by atoms with Crippen LogP contribution in [0.4, 0.5) is 5.69 Å². The predicted molar refractivity (Wildman–Crippen MR) is 117 cm³/mol. The third-order valence-corrected chi connectivity index (χ3v) is 4.18. The predicted octanol–water partition coefficient (Wildman–Crippen LogP) is 3.13. The zero-order valence-corrected chi connectivity index (χ0v) is 18.0. The number of amides is 1. The molecule has 1 aliphatic rings. The quantitative estimate of drug-likeness (QED) is 0.223. The van der Waals surface area contributed by atoms with Gasteiger partial charge in [-0.1, -0.05) is 18.6 Å². The van der Waals surface area contributed by atoms with Crippen molar-refractivity contribution < 1.29 is 9.53 Å². The maximum absolute atomic E-state index is 12.1. The van der Waals surface area contributed by atoms with Crippen molar-refractivity contribution in [2.75, 3.05) is 31.6 Å². The first-order valence-electron chi connectivity index (χ1n) is 9.22. The minimum atomic E-state index is 0. The van der Waals surface area contributed by atoms with Crippen LogP contribution in [0.15, 0.2) is 29.3 Å². The van der Waals surface area contributed by atoms with Crippen molar-refractivity contribution in [3.63, 3.8) is 0 Å². The number of carbonyl (C=O) groups excluding carboxylic acids is 1. The van der Waals surface area contributed by atoms with Crippen LogP contribution in [0.1, 0.15) is 38.7 Å². The summed E-state index contributed by atoms with van der Waals surface area (Å²) in [5.41, 5.74) is 1.91. The Morgan fingerprint density at radius 2 is 2.08 bits per heavy atom. The molecule has 26 heavy (non-hydrogen) atoms. The fraction of sp³-hybridized carbons (Fsp3) is 0.579. The molecule has 1 aromatic carbocycles. The molecule has 1 saturated carbocycles. The van der Waals surface area contributed by atoms with E-state index in [0.29, 0.717) is 19.8 Å². The van der Waals surface area contributed by atoms with Gasteiger partial charge in [-0.2, -0.15) is 0 Å². The topological polar surface area (TPSA) is 74.8 Å². The van der Waals surface area contributed by atoms with Crippen LogP contribution in [0.5, 0.6) is 0 Å². The second-order valence-electron chi connectivity index (χ2n) is 6.14. The highest BCUT2D eigenvalue weighted by Crippen LogP contribution is 2.27.